The van der Waals surface area contributed by atoms with Gasteiger partial charge in [0.2, 0.25) is 5.91 Å². The minimum Gasteiger partial charge on any atom is -0.369 e. The highest BCUT2D eigenvalue weighted by molar-refractivity contribution is 5.76. The molecule has 1 aromatic rings. The van der Waals surface area contributed by atoms with Crippen molar-refractivity contribution in [1.29, 1.82) is 0 Å². The van der Waals surface area contributed by atoms with Gasteiger partial charge in [0.05, 0.1) is 12.6 Å². The molecule has 4 nitrogen and oxygen atoms in total. The zero-order valence-corrected chi connectivity index (χ0v) is 13.0. The highest BCUT2D eigenvalue weighted by Gasteiger charge is 2.25. The first kappa shape index (κ1) is 16.7. The standard InChI is InChI=1S/C16H27N3O/c1-11(2)9-19(10-15(18)20)16(13(4)17)14-7-5-12(3)6-8-14/h5-8,11,13,16H,9-10,17H2,1-4H3,(H2,18,20). The Morgan fingerprint density at radius 1 is 1.20 bits per heavy atom. The highest BCUT2D eigenvalue weighted by atomic mass is 16.1. The van der Waals surface area contributed by atoms with Gasteiger partial charge in [-0.3, -0.25) is 9.69 Å². The zero-order chi connectivity index (χ0) is 15.3. The average molecular weight is 277 g/mol. The van der Waals surface area contributed by atoms with E-state index in [1.54, 1.807) is 0 Å². The number of primary amides is 1. The van der Waals surface area contributed by atoms with Crippen LogP contribution in [0.4, 0.5) is 0 Å². The lowest BCUT2D eigenvalue weighted by molar-refractivity contribution is -0.120. The fourth-order valence-electron chi connectivity index (χ4n) is 2.56. The van der Waals surface area contributed by atoms with Crippen molar-refractivity contribution < 1.29 is 4.79 Å². The van der Waals surface area contributed by atoms with E-state index in [2.05, 4.69) is 49.9 Å². The number of amides is 1. The van der Waals surface area contributed by atoms with Gasteiger partial charge < -0.3 is 11.5 Å². The first-order valence-electron chi connectivity index (χ1n) is 7.15. The Bertz CT molecular complexity index is 426. The summed E-state index contributed by atoms with van der Waals surface area (Å²) in [6.45, 7) is 9.31. The van der Waals surface area contributed by atoms with Crippen LogP contribution in [0.15, 0.2) is 24.3 Å². The predicted molar refractivity (Wildman–Crippen MR) is 83.2 cm³/mol. The number of nitrogens with zero attached hydrogens (tertiary/aromatic N) is 1. The summed E-state index contributed by atoms with van der Waals surface area (Å²) in [5.74, 6) is 0.129. The number of benzene rings is 1. The van der Waals surface area contributed by atoms with Gasteiger partial charge in [-0.05, 0) is 25.3 Å². The predicted octanol–water partition coefficient (Wildman–Crippen LogP) is 1.83. The van der Waals surface area contributed by atoms with Crippen LogP contribution in [0.3, 0.4) is 0 Å². The molecule has 20 heavy (non-hydrogen) atoms. The maximum Gasteiger partial charge on any atom is 0.231 e. The minimum absolute atomic E-state index is 0.00509. The topological polar surface area (TPSA) is 72.3 Å². The zero-order valence-electron chi connectivity index (χ0n) is 13.0. The van der Waals surface area contributed by atoms with E-state index in [4.69, 9.17) is 11.5 Å². The Kier molecular flexibility index (Phi) is 6.17. The molecule has 4 N–H and O–H groups in total. The van der Waals surface area contributed by atoms with Gasteiger partial charge in [0.1, 0.15) is 0 Å². The van der Waals surface area contributed by atoms with Crippen LogP contribution in [0.1, 0.15) is 37.9 Å². The second kappa shape index (κ2) is 7.41. The molecule has 0 bridgehead atoms. The van der Waals surface area contributed by atoms with Gasteiger partial charge in [-0.2, -0.15) is 0 Å². The molecule has 0 aromatic heterocycles. The summed E-state index contributed by atoms with van der Waals surface area (Å²) in [4.78, 5) is 13.4. The molecule has 0 spiro atoms. The van der Waals surface area contributed by atoms with E-state index in [0.717, 1.165) is 12.1 Å². The Labute approximate surface area is 122 Å². The van der Waals surface area contributed by atoms with Crippen LogP contribution in [0, 0.1) is 12.8 Å². The third-order valence-corrected chi connectivity index (χ3v) is 3.27. The summed E-state index contributed by atoms with van der Waals surface area (Å²) in [5, 5.41) is 0. The van der Waals surface area contributed by atoms with E-state index in [1.807, 2.05) is 6.92 Å². The van der Waals surface area contributed by atoms with Gasteiger partial charge in [0, 0.05) is 12.6 Å². The van der Waals surface area contributed by atoms with Crippen molar-refractivity contribution in [2.24, 2.45) is 17.4 Å². The Morgan fingerprint density at radius 3 is 2.15 bits per heavy atom. The number of carbonyl (C=O) groups is 1. The van der Waals surface area contributed by atoms with Crippen LogP contribution < -0.4 is 11.5 Å². The maximum atomic E-state index is 11.3. The van der Waals surface area contributed by atoms with E-state index < -0.39 is 0 Å². The average Bonchev–Trinajstić information content (AvgIpc) is 2.29. The lowest BCUT2D eigenvalue weighted by Gasteiger charge is -2.35. The number of hydrogen-bond acceptors (Lipinski definition) is 3. The SMILES string of the molecule is Cc1ccc(C(C(C)N)N(CC(N)=O)CC(C)C)cc1. The second-order valence-electron chi connectivity index (χ2n) is 6.00. The number of nitrogens with two attached hydrogens (primary N) is 2. The molecule has 1 amide bonds. The lowest BCUT2D eigenvalue weighted by Crippen LogP contribution is -2.45. The summed E-state index contributed by atoms with van der Waals surface area (Å²) in [6, 6.07) is 8.24. The second-order valence-corrected chi connectivity index (χ2v) is 6.00. The van der Waals surface area contributed by atoms with Crippen LogP contribution >= 0.6 is 0 Å². The van der Waals surface area contributed by atoms with Crippen molar-refractivity contribution in [2.75, 3.05) is 13.1 Å². The van der Waals surface area contributed by atoms with Gasteiger partial charge in [0.15, 0.2) is 0 Å². The quantitative estimate of drug-likeness (QED) is 0.798. The molecule has 0 aliphatic carbocycles. The molecule has 1 rings (SSSR count). The van der Waals surface area contributed by atoms with E-state index in [9.17, 15) is 4.79 Å². The summed E-state index contributed by atoms with van der Waals surface area (Å²) in [5.41, 5.74) is 13.9. The number of aryl methyl sites for hydroxylation is 1. The van der Waals surface area contributed by atoms with Crippen LogP contribution in [-0.4, -0.2) is 29.9 Å². The molecule has 0 fully saturated rings. The molecule has 0 radical (unpaired) electrons. The normalized spacial score (nSPS) is 14.6. The molecule has 0 saturated heterocycles. The van der Waals surface area contributed by atoms with Crippen LogP contribution in [-0.2, 0) is 4.79 Å². The highest BCUT2D eigenvalue weighted by Crippen LogP contribution is 2.24. The monoisotopic (exact) mass is 277 g/mol. The maximum absolute atomic E-state index is 11.3. The fourth-order valence-corrected chi connectivity index (χ4v) is 2.56. The summed E-state index contributed by atoms with van der Waals surface area (Å²) >= 11 is 0. The molecule has 0 aliphatic heterocycles. The Balaban J connectivity index is 3.06. The molecule has 2 unspecified atom stereocenters. The van der Waals surface area contributed by atoms with Crippen molar-refractivity contribution in [3.8, 4) is 0 Å². The van der Waals surface area contributed by atoms with Crippen LogP contribution in [0.25, 0.3) is 0 Å². The number of rotatable bonds is 7. The van der Waals surface area contributed by atoms with Gasteiger partial charge in [-0.1, -0.05) is 43.7 Å². The molecule has 112 valence electrons. The minimum atomic E-state index is -0.316. The number of carbonyl (C=O) groups excluding carboxylic acids is 1. The van der Waals surface area contributed by atoms with Gasteiger partial charge in [0.25, 0.3) is 0 Å². The third kappa shape index (κ3) is 4.94. The third-order valence-electron chi connectivity index (χ3n) is 3.27. The van der Waals surface area contributed by atoms with Crippen LogP contribution in [0.5, 0.6) is 0 Å². The van der Waals surface area contributed by atoms with E-state index in [1.165, 1.54) is 5.56 Å². The van der Waals surface area contributed by atoms with Gasteiger partial charge >= 0.3 is 0 Å². The van der Waals surface area contributed by atoms with E-state index in [0.29, 0.717) is 5.92 Å². The first-order valence-corrected chi connectivity index (χ1v) is 7.15. The molecule has 0 heterocycles. The summed E-state index contributed by atoms with van der Waals surface area (Å²) < 4.78 is 0. The van der Waals surface area contributed by atoms with Crippen molar-refractivity contribution in [2.45, 2.75) is 39.8 Å². The molecule has 1 aromatic carbocycles. The fraction of sp³-hybridized carbons (Fsp3) is 0.562. The first-order chi connectivity index (χ1) is 9.31. The van der Waals surface area contributed by atoms with Gasteiger partial charge in [-0.25, -0.2) is 0 Å². The van der Waals surface area contributed by atoms with Gasteiger partial charge in [-0.15, -0.1) is 0 Å². The van der Waals surface area contributed by atoms with Crippen LogP contribution in [0.2, 0.25) is 0 Å². The smallest absolute Gasteiger partial charge is 0.231 e. The molecular formula is C16H27N3O. The van der Waals surface area contributed by atoms with Crippen molar-refractivity contribution in [1.82, 2.24) is 4.90 Å². The lowest BCUT2D eigenvalue weighted by atomic mass is 9.97. The van der Waals surface area contributed by atoms with E-state index >= 15 is 0 Å². The van der Waals surface area contributed by atoms with Crippen molar-refractivity contribution in [3.05, 3.63) is 35.4 Å². The van der Waals surface area contributed by atoms with Crippen molar-refractivity contribution in [3.63, 3.8) is 0 Å². The summed E-state index contributed by atoms with van der Waals surface area (Å²) in [7, 11) is 0. The van der Waals surface area contributed by atoms with E-state index in [-0.39, 0.29) is 24.5 Å². The Hall–Kier alpha value is -1.39. The summed E-state index contributed by atoms with van der Waals surface area (Å²) in [6.07, 6.45) is 0. The molecule has 2 atom stereocenters. The molecule has 0 aliphatic rings. The largest absolute Gasteiger partial charge is 0.369 e. The number of hydrogen-bond donors (Lipinski definition) is 2. The van der Waals surface area contributed by atoms with Crippen molar-refractivity contribution >= 4 is 5.91 Å². The molecule has 4 heteroatoms. The Morgan fingerprint density at radius 2 is 1.75 bits per heavy atom. The molecule has 0 saturated carbocycles. The molecular weight excluding hydrogens is 250 g/mol.